The molecule has 14 N–H and O–H groups in total. The van der Waals surface area contributed by atoms with E-state index in [-0.39, 0.29) is 80.1 Å². The van der Waals surface area contributed by atoms with Gasteiger partial charge in [0.15, 0.2) is 12.2 Å². The number of carbonyl (C=O) groups excluding carboxylic acids is 3. The van der Waals surface area contributed by atoms with Gasteiger partial charge in [-0.1, -0.05) is 20.8 Å². The predicted molar refractivity (Wildman–Crippen MR) is 215 cm³/mol. The summed E-state index contributed by atoms with van der Waals surface area (Å²) in [6, 6.07) is 0. The summed E-state index contributed by atoms with van der Waals surface area (Å²) in [6.07, 6.45) is -7.85. The normalized spacial score (nSPS) is 34.6. The maximum Gasteiger partial charge on any atom is 0.251 e. The molecule has 348 valence electrons. The smallest absolute Gasteiger partial charge is 0.251 e. The predicted octanol–water partition coefficient (Wildman–Crippen LogP) is -2.89. The minimum Gasteiger partial charge on any atom is -0.394 e. The van der Waals surface area contributed by atoms with E-state index in [1.165, 1.54) is 0 Å². The number of fused-ring (bicyclic) bond motifs is 5. The Labute approximate surface area is 353 Å². The Balaban J connectivity index is 1.35. The van der Waals surface area contributed by atoms with Gasteiger partial charge in [0.2, 0.25) is 5.91 Å². The summed E-state index contributed by atoms with van der Waals surface area (Å²) in [4.78, 5) is 40.3. The van der Waals surface area contributed by atoms with E-state index in [9.17, 15) is 65.4 Å². The Bertz CT molecular complexity index is 1350. The standard InChI is InChI=1S/C42H75N3O15/c1-22(26-9-10-27-25-8-7-23-18-24(48)12-13-41(23,2)28(25)19-31(51)42(26,27)3)6-11-32(52)45(16-4-14-43-39(59)37(57)35(55)33(53)29(49)20-46)17-5-15-44-40(60)38(58)36(56)34(54)30(50)21-47/h22-31,33-38,46-51,53-58H,4-21H2,1-3H3,(H,43,59)(H,44,60)/t22-,23-,24-,25+,26-,27+,28+,29-,30-,31+,33+,34+,35-,36-,37-,38-,41+,42-/m1/s1. The first-order chi connectivity index (χ1) is 28.2. The zero-order valence-electron chi connectivity index (χ0n) is 35.5. The van der Waals surface area contributed by atoms with Crippen molar-refractivity contribution in [1.82, 2.24) is 15.5 Å². The fourth-order valence-electron chi connectivity index (χ4n) is 11.8. The SMILES string of the molecule is C[C@H](CCC(=O)N(CCCNC(=O)[C@H](O)[C@H](O)[C@@H](O)[C@H](O)CO)CCCNC(=O)[C@H](O)[C@H](O)[C@@H](O)[C@H](O)CO)[C@H]1CC[C@H]2[C@@H]3CC[C@@H]4C[C@H](O)CC[C@]4(C)[C@H]3C[C@H](O)[C@]12C. The number of nitrogens with one attached hydrogen (secondary N) is 2. The molecule has 0 aliphatic heterocycles. The minimum absolute atomic E-state index is 0.0491. The number of aliphatic hydroxyl groups is 12. The van der Waals surface area contributed by atoms with Gasteiger partial charge in [0.05, 0.1) is 25.4 Å². The number of rotatable bonds is 22. The van der Waals surface area contributed by atoms with Crippen molar-refractivity contribution >= 4 is 17.7 Å². The Morgan fingerprint density at radius 3 is 1.75 bits per heavy atom. The van der Waals surface area contributed by atoms with Gasteiger partial charge in [-0.05, 0) is 117 Å². The van der Waals surface area contributed by atoms with Gasteiger partial charge in [-0.15, -0.1) is 0 Å². The Morgan fingerprint density at radius 1 is 0.700 bits per heavy atom. The van der Waals surface area contributed by atoms with Crippen molar-refractivity contribution in [3.63, 3.8) is 0 Å². The van der Waals surface area contributed by atoms with Crippen LogP contribution in [0.3, 0.4) is 0 Å². The van der Waals surface area contributed by atoms with Crippen LogP contribution in [0.5, 0.6) is 0 Å². The van der Waals surface area contributed by atoms with Crippen LogP contribution in [0.15, 0.2) is 0 Å². The summed E-state index contributed by atoms with van der Waals surface area (Å²) < 4.78 is 0. The number of hydrogen-bond donors (Lipinski definition) is 14. The molecule has 4 rings (SSSR count). The van der Waals surface area contributed by atoms with Crippen molar-refractivity contribution in [2.24, 2.45) is 46.3 Å². The Morgan fingerprint density at radius 2 is 1.23 bits per heavy atom. The first-order valence-electron chi connectivity index (χ1n) is 22.1. The van der Waals surface area contributed by atoms with Crippen LogP contribution in [0.1, 0.15) is 97.8 Å². The molecular formula is C42H75N3O15. The highest BCUT2D eigenvalue weighted by Gasteiger charge is 2.63. The minimum atomic E-state index is -2.11. The number of amides is 3. The van der Waals surface area contributed by atoms with Crippen LogP contribution in [-0.4, -0.2) is 184 Å². The second kappa shape index (κ2) is 22.0. The van der Waals surface area contributed by atoms with E-state index in [0.717, 1.165) is 51.4 Å². The number of nitrogens with zero attached hydrogens (tertiary/aromatic N) is 1. The van der Waals surface area contributed by atoms with Crippen molar-refractivity contribution in [2.75, 3.05) is 39.4 Å². The van der Waals surface area contributed by atoms with Crippen LogP contribution in [0.2, 0.25) is 0 Å². The first-order valence-corrected chi connectivity index (χ1v) is 22.1. The highest BCUT2D eigenvalue weighted by atomic mass is 16.4. The molecule has 3 amide bonds. The molecule has 0 heterocycles. The topological polar surface area (TPSA) is 321 Å². The number of carbonyl (C=O) groups is 3. The number of aliphatic hydroxyl groups excluding tert-OH is 12. The van der Waals surface area contributed by atoms with Gasteiger partial charge in [-0.3, -0.25) is 14.4 Å². The molecule has 18 nitrogen and oxygen atoms in total. The molecule has 0 aromatic rings. The molecule has 0 spiro atoms. The third-order valence-corrected chi connectivity index (χ3v) is 15.5. The highest BCUT2D eigenvalue weighted by Crippen LogP contribution is 2.68. The van der Waals surface area contributed by atoms with Crippen LogP contribution in [0, 0.1) is 46.3 Å². The maximum absolute atomic E-state index is 13.8. The summed E-state index contributed by atoms with van der Waals surface area (Å²) in [5, 5.41) is 124. The lowest BCUT2D eigenvalue weighted by atomic mass is 9.43. The van der Waals surface area contributed by atoms with E-state index in [4.69, 9.17) is 10.2 Å². The van der Waals surface area contributed by atoms with Gasteiger partial charge in [-0.25, -0.2) is 0 Å². The molecular weight excluding hydrogens is 786 g/mol. The molecule has 4 aliphatic carbocycles. The van der Waals surface area contributed by atoms with E-state index < -0.39 is 80.0 Å². The second-order valence-electron chi connectivity index (χ2n) is 18.9. The summed E-state index contributed by atoms with van der Waals surface area (Å²) in [7, 11) is 0. The average molecular weight is 862 g/mol. The average Bonchev–Trinajstić information content (AvgIpc) is 3.61. The zero-order valence-corrected chi connectivity index (χ0v) is 35.5. The van der Waals surface area contributed by atoms with Crippen molar-refractivity contribution in [3.05, 3.63) is 0 Å². The monoisotopic (exact) mass is 862 g/mol. The third kappa shape index (κ3) is 11.2. The molecule has 18 atom stereocenters. The van der Waals surface area contributed by atoms with E-state index in [2.05, 4.69) is 31.4 Å². The quantitative estimate of drug-likeness (QED) is 0.0486. The van der Waals surface area contributed by atoms with Crippen LogP contribution in [0.4, 0.5) is 0 Å². The molecule has 4 fully saturated rings. The van der Waals surface area contributed by atoms with Crippen molar-refractivity contribution in [2.45, 2.75) is 159 Å². The molecule has 0 saturated heterocycles. The van der Waals surface area contributed by atoms with Gasteiger partial charge in [0.25, 0.3) is 11.8 Å². The van der Waals surface area contributed by atoms with Gasteiger partial charge >= 0.3 is 0 Å². The van der Waals surface area contributed by atoms with Crippen LogP contribution < -0.4 is 10.6 Å². The molecule has 18 heteroatoms. The van der Waals surface area contributed by atoms with Crippen molar-refractivity contribution < 1.29 is 75.7 Å². The van der Waals surface area contributed by atoms with Gasteiger partial charge in [0.1, 0.15) is 36.6 Å². The van der Waals surface area contributed by atoms with E-state index in [1.54, 1.807) is 4.90 Å². The van der Waals surface area contributed by atoms with Gasteiger partial charge < -0.3 is 76.8 Å². The van der Waals surface area contributed by atoms with Crippen LogP contribution in [0.25, 0.3) is 0 Å². The summed E-state index contributed by atoms with van der Waals surface area (Å²) in [6.45, 7) is 5.15. The summed E-state index contributed by atoms with van der Waals surface area (Å²) >= 11 is 0. The van der Waals surface area contributed by atoms with Gasteiger partial charge in [0, 0.05) is 32.6 Å². The largest absolute Gasteiger partial charge is 0.394 e. The summed E-state index contributed by atoms with van der Waals surface area (Å²) in [5.74, 6) is -0.145. The molecule has 4 aliphatic rings. The second-order valence-corrected chi connectivity index (χ2v) is 18.9. The zero-order chi connectivity index (χ0) is 44.7. The molecule has 0 bridgehead atoms. The van der Waals surface area contributed by atoms with Gasteiger partial charge in [-0.2, -0.15) is 0 Å². The van der Waals surface area contributed by atoms with E-state index in [1.807, 2.05) is 0 Å². The van der Waals surface area contributed by atoms with E-state index >= 15 is 0 Å². The first kappa shape index (κ1) is 50.6. The van der Waals surface area contributed by atoms with Crippen molar-refractivity contribution in [3.8, 4) is 0 Å². The molecule has 0 aromatic heterocycles. The van der Waals surface area contributed by atoms with Crippen LogP contribution >= 0.6 is 0 Å². The maximum atomic E-state index is 13.8. The van der Waals surface area contributed by atoms with Crippen molar-refractivity contribution in [1.29, 1.82) is 0 Å². The number of hydrogen-bond acceptors (Lipinski definition) is 15. The van der Waals surface area contributed by atoms with Crippen LogP contribution in [-0.2, 0) is 14.4 Å². The lowest BCUT2D eigenvalue weighted by Crippen LogP contribution is -2.58. The molecule has 0 unspecified atom stereocenters. The lowest BCUT2D eigenvalue weighted by molar-refractivity contribution is -0.175. The fraction of sp³-hybridized carbons (Fsp3) is 0.929. The molecule has 0 aromatic carbocycles. The molecule has 0 radical (unpaired) electrons. The fourth-order valence-corrected chi connectivity index (χ4v) is 11.8. The Kier molecular flexibility index (Phi) is 18.6. The van der Waals surface area contributed by atoms with E-state index in [0.29, 0.717) is 30.1 Å². The Hall–Kier alpha value is -2.07. The molecule has 60 heavy (non-hydrogen) atoms. The summed E-state index contributed by atoms with van der Waals surface area (Å²) in [5.41, 5.74) is -0.164. The highest BCUT2D eigenvalue weighted by molar-refractivity contribution is 5.81. The lowest BCUT2D eigenvalue weighted by Gasteiger charge is -2.62. The third-order valence-electron chi connectivity index (χ3n) is 15.5. The molecule has 4 saturated carbocycles.